The molecule has 4 aromatic heterocycles. The third kappa shape index (κ3) is 14.0. The van der Waals surface area contributed by atoms with Crippen molar-refractivity contribution >= 4 is 88.5 Å². The Bertz CT molecular complexity index is 2870. The van der Waals surface area contributed by atoms with Gasteiger partial charge in [0.25, 0.3) is 6.47 Å². The zero-order chi connectivity index (χ0) is 48.5. The summed E-state index contributed by atoms with van der Waals surface area (Å²) < 4.78 is 18.6. The number of anilines is 2. The lowest BCUT2D eigenvalue weighted by atomic mass is 10.2. The van der Waals surface area contributed by atoms with Crippen LogP contribution in [0.2, 0.25) is 0 Å². The molecule has 0 bridgehead atoms. The molecule has 2 saturated heterocycles. The van der Waals surface area contributed by atoms with Crippen LogP contribution in [0, 0.1) is 0 Å². The maximum Gasteiger partial charge on any atom is 0.306 e. The zero-order valence-corrected chi connectivity index (χ0v) is 40.9. The summed E-state index contributed by atoms with van der Waals surface area (Å²) in [6, 6.07) is 36.2. The molecule has 6 heterocycles. The number of pyridine rings is 2. The number of carbonyl (C=O) groups is 2. The van der Waals surface area contributed by atoms with Gasteiger partial charge in [-0.05, 0) is 133 Å². The van der Waals surface area contributed by atoms with Gasteiger partial charge in [0.1, 0.15) is 18.1 Å². The van der Waals surface area contributed by atoms with Crippen molar-refractivity contribution in [2.24, 2.45) is 0 Å². The maximum absolute atomic E-state index is 11.5. The Balaban J connectivity index is 0.000000163. The van der Waals surface area contributed by atoms with Crippen LogP contribution in [0.3, 0.4) is 0 Å². The van der Waals surface area contributed by atoms with Gasteiger partial charge in [0.05, 0.1) is 30.7 Å². The SMILES string of the molecule is O=COCCC(=O)O.O=c1ccc2ccc(OCCCCN3CCN(c4cccc5sccc45)CC3)cc2[nH]1.O=c1ccc2ccc(OCCCCN3CCN(c4cccc5sccc45)CC3)cc2[nH]1. The summed E-state index contributed by atoms with van der Waals surface area (Å²) in [7, 11) is 0. The lowest BCUT2D eigenvalue weighted by Gasteiger charge is -2.36. The first-order valence-corrected chi connectivity index (χ1v) is 25.7. The number of fused-ring (bicyclic) bond motifs is 4. The van der Waals surface area contributed by atoms with Gasteiger partial charge in [-0.15, -0.1) is 22.7 Å². The fourth-order valence-corrected chi connectivity index (χ4v) is 10.4. The van der Waals surface area contributed by atoms with Gasteiger partial charge in [-0.2, -0.15) is 0 Å². The molecule has 8 aromatic rings. The van der Waals surface area contributed by atoms with Gasteiger partial charge in [0.15, 0.2) is 0 Å². The second-order valence-electron chi connectivity index (χ2n) is 17.2. The van der Waals surface area contributed by atoms with Crippen LogP contribution >= 0.6 is 22.7 Å². The molecule has 2 aliphatic rings. The van der Waals surface area contributed by atoms with Crippen molar-refractivity contribution in [3.05, 3.63) is 141 Å². The largest absolute Gasteiger partial charge is 0.494 e. The van der Waals surface area contributed by atoms with E-state index in [2.05, 4.69) is 93.6 Å². The molecule has 14 nitrogen and oxygen atoms in total. The number of thiophene rings is 2. The summed E-state index contributed by atoms with van der Waals surface area (Å²) in [5.41, 5.74) is 4.22. The Hall–Kier alpha value is -6.72. The lowest BCUT2D eigenvalue weighted by molar-refractivity contribution is -0.139. The Labute approximate surface area is 414 Å². The molecule has 70 heavy (non-hydrogen) atoms. The van der Waals surface area contributed by atoms with E-state index in [9.17, 15) is 19.2 Å². The van der Waals surface area contributed by atoms with E-state index >= 15 is 0 Å². The molecule has 16 heteroatoms. The number of unbranched alkanes of at least 4 members (excludes halogenated alkanes) is 2. The minimum Gasteiger partial charge on any atom is -0.494 e. The van der Waals surface area contributed by atoms with E-state index in [1.54, 1.807) is 12.1 Å². The van der Waals surface area contributed by atoms with Gasteiger partial charge in [0, 0.05) is 108 Å². The molecule has 0 amide bonds. The first kappa shape index (κ1) is 49.7. The van der Waals surface area contributed by atoms with Crippen LogP contribution in [0.5, 0.6) is 11.5 Å². The predicted molar refractivity (Wildman–Crippen MR) is 284 cm³/mol. The number of aromatic nitrogens is 2. The number of carboxylic acids is 1. The third-order valence-corrected chi connectivity index (χ3v) is 14.3. The molecule has 366 valence electrons. The van der Waals surface area contributed by atoms with Crippen LogP contribution in [0.15, 0.2) is 130 Å². The van der Waals surface area contributed by atoms with Crippen molar-refractivity contribution in [3.8, 4) is 11.5 Å². The molecular formula is C54H60N6O8S2. The number of rotatable bonds is 18. The summed E-state index contributed by atoms with van der Waals surface area (Å²) >= 11 is 3.63. The summed E-state index contributed by atoms with van der Waals surface area (Å²) in [5.74, 6) is 0.656. The highest BCUT2D eigenvalue weighted by atomic mass is 32.1. The van der Waals surface area contributed by atoms with Crippen LogP contribution in [0.4, 0.5) is 11.4 Å². The van der Waals surface area contributed by atoms with Gasteiger partial charge in [-0.1, -0.05) is 12.1 Å². The number of ether oxygens (including phenoxy) is 3. The highest BCUT2D eigenvalue weighted by Crippen LogP contribution is 2.32. The molecule has 3 N–H and O–H groups in total. The van der Waals surface area contributed by atoms with E-state index < -0.39 is 5.97 Å². The first-order chi connectivity index (χ1) is 34.3. The highest BCUT2D eigenvalue weighted by Gasteiger charge is 2.20. The minimum atomic E-state index is -0.966. The average Bonchev–Trinajstić information content (AvgIpc) is 4.08. The summed E-state index contributed by atoms with van der Waals surface area (Å²) in [5, 5.41) is 17.1. The lowest BCUT2D eigenvalue weighted by Crippen LogP contribution is -2.46. The smallest absolute Gasteiger partial charge is 0.306 e. The van der Waals surface area contributed by atoms with E-state index in [0.29, 0.717) is 13.2 Å². The average molecular weight is 985 g/mol. The zero-order valence-electron chi connectivity index (χ0n) is 39.3. The molecule has 2 fully saturated rings. The van der Waals surface area contributed by atoms with Crippen molar-refractivity contribution in [2.45, 2.75) is 32.1 Å². The minimum absolute atomic E-state index is 0.0428. The first-order valence-electron chi connectivity index (χ1n) is 24.0. The van der Waals surface area contributed by atoms with Crippen LogP contribution in [-0.4, -0.2) is 123 Å². The number of carboxylic acid groups (broad SMARTS) is 1. The number of aliphatic carboxylic acids is 1. The van der Waals surface area contributed by atoms with E-state index in [0.717, 1.165) is 124 Å². The summed E-state index contributed by atoms with van der Waals surface area (Å²) in [4.78, 5) is 57.9. The van der Waals surface area contributed by atoms with Gasteiger partial charge in [-0.25, -0.2) is 0 Å². The number of piperazine rings is 2. The van der Waals surface area contributed by atoms with E-state index in [1.165, 1.54) is 31.5 Å². The Morgan fingerprint density at radius 2 is 1.03 bits per heavy atom. The topological polar surface area (TPSA) is 161 Å². The monoisotopic (exact) mass is 984 g/mol. The quantitative estimate of drug-likeness (QED) is 0.0554. The number of benzene rings is 4. The van der Waals surface area contributed by atoms with Crippen LogP contribution in [0.1, 0.15) is 32.1 Å². The summed E-state index contributed by atoms with van der Waals surface area (Å²) in [6.07, 6.45) is 4.18. The van der Waals surface area contributed by atoms with Crippen molar-refractivity contribution in [1.29, 1.82) is 0 Å². The van der Waals surface area contributed by atoms with Crippen LogP contribution in [-0.2, 0) is 14.3 Å². The Morgan fingerprint density at radius 3 is 1.47 bits per heavy atom. The number of carbonyl (C=O) groups excluding carboxylic acids is 1. The second kappa shape index (κ2) is 25.2. The molecule has 0 spiro atoms. The highest BCUT2D eigenvalue weighted by molar-refractivity contribution is 7.17. The maximum atomic E-state index is 11.5. The molecule has 4 aromatic carbocycles. The number of hydrogen-bond acceptors (Lipinski definition) is 13. The third-order valence-electron chi connectivity index (χ3n) is 12.5. The Morgan fingerprint density at radius 1 is 0.571 bits per heavy atom. The number of nitrogens with zero attached hydrogens (tertiary/aromatic N) is 4. The number of H-pyrrole nitrogens is 2. The van der Waals surface area contributed by atoms with E-state index in [4.69, 9.17) is 14.6 Å². The van der Waals surface area contributed by atoms with Crippen molar-refractivity contribution < 1.29 is 28.9 Å². The van der Waals surface area contributed by atoms with Crippen molar-refractivity contribution in [2.75, 3.05) is 95.1 Å². The van der Waals surface area contributed by atoms with Crippen molar-refractivity contribution in [3.63, 3.8) is 0 Å². The van der Waals surface area contributed by atoms with Gasteiger partial charge in [0.2, 0.25) is 11.1 Å². The molecule has 0 unspecified atom stereocenters. The van der Waals surface area contributed by atoms with E-state index in [1.807, 2.05) is 71.2 Å². The van der Waals surface area contributed by atoms with Crippen molar-refractivity contribution in [1.82, 2.24) is 19.8 Å². The standard InChI is InChI=1S/2C25H27N3O2S.C4H6O4/c2*29-25-9-7-19-6-8-20(18-22(19)26-25)30-16-2-1-11-27-12-14-28(15-13-27)23-4-3-5-24-21(23)10-17-31-24;5-3-8-2-1-4(6)7/h2*3-10,17-18H,1-2,11-16H2,(H,26,29);3H,1-2H2,(H,6,7). The second-order valence-corrected chi connectivity index (χ2v) is 19.1. The molecule has 0 aliphatic carbocycles. The molecule has 0 saturated carbocycles. The van der Waals surface area contributed by atoms with Gasteiger partial charge < -0.3 is 39.1 Å². The van der Waals surface area contributed by atoms with Crippen LogP contribution in [0.25, 0.3) is 42.0 Å². The van der Waals surface area contributed by atoms with Crippen LogP contribution < -0.4 is 30.4 Å². The van der Waals surface area contributed by atoms with E-state index in [-0.39, 0.29) is 30.6 Å². The molecule has 0 atom stereocenters. The fraction of sp³-hybridized carbons (Fsp3) is 0.333. The molecule has 0 radical (unpaired) electrons. The fourth-order valence-electron chi connectivity index (χ4n) is 8.82. The predicted octanol–water partition coefficient (Wildman–Crippen LogP) is 9.08. The molecule has 10 rings (SSSR count). The summed E-state index contributed by atoms with van der Waals surface area (Å²) in [6.45, 7) is 12.6. The van der Waals surface area contributed by atoms with Gasteiger partial charge in [-0.3, -0.25) is 29.0 Å². The number of aromatic amines is 2. The Kier molecular flexibility index (Phi) is 17.9. The number of nitrogens with one attached hydrogen (secondary N) is 2. The molecule has 2 aliphatic heterocycles. The number of hydrogen-bond donors (Lipinski definition) is 3. The van der Waals surface area contributed by atoms with Gasteiger partial charge >= 0.3 is 5.97 Å². The molecular weight excluding hydrogens is 925 g/mol. The normalized spacial score (nSPS) is 14.2.